The van der Waals surface area contributed by atoms with Crippen LogP contribution in [0, 0.1) is 0 Å². The van der Waals surface area contributed by atoms with Gasteiger partial charge in [0.2, 0.25) is 0 Å². The van der Waals surface area contributed by atoms with E-state index < -0.39 is 0 Å². The average Bonchev–Trinajstić information content (AvgIpc) is 2.32. The monoisotopic (exact) mass is 277 g/mol. The molecule has 2 aromatic rings. The Labute approximate surface area is 101 Å². The van der Waals surface area contributed by atoms with E-state index in [1.165, 1.54) is 6.20 Å². The van der Waals surface area contributed by atoms with Gasteiger partial charge in [-0.05, 0) is 34.1 Å². The van der Waals surface area contributed by atoms with Crippen molar-refractivity contribution in [3.8, 4) is 11.5 Å². The number of nitrogens with zero attached hydrogens (tertiary/aromatic N) is 1. The summed E-state index contributed by atoms with van der Waals surface area (Å²) in [6.45, 7) is 0. The number of aldehydes is 1. The quantitative estimate of drug-likeness (QED) is 0.807. The lowest BCUT2D eigenvalue weighted by molar-refractivity contribution is 0.112. The summed E-state index contributed by atoms with van der Waals surface area (Å²) < 4.78 is 6.44. The number of benzene rings is 1. The van der Waals surface area contributed by atoms with E-state index in [1.54, 1.807) is 12.3 Å². The molecule has 2 rings (SSSR count). The lowest BCUT2D eigenvalue weighted by Gasteiger charge is -2.06. The Kier molecular flexibility index (Phi) is 3.31. The summed E-state index contributed by atoms with van der Waals surface area (Å²) in [6.07, 6.45) is 3.78. The van der Waals surface area contributed by atoms with E-state index in [0.29, 0.717) is 17.1 Å². The van der Waals surface area contributed by atoms with Gasteiger partial charge in [-0.1, -0.05) is 12.1 Å². The second-order valence-electron chi connectivity index (χ2n) is 3.10. The van der Waals surface area contributed by atoms with Crippen LogP contribution in [0.2, 0.25) is 0 Å². The molecule has 1 heterocycles. The third-order valence-corrected chi connectivity index (χ3v) is 2.59. The molecule has 0 aliphatic heterocycles. The molecular formula is C12H8BrNO2. The minimum absolute atomic E-state index is 0.490. The zero-order valence-corrected chi connectivity index (χ0v) is 9.85. The number of rotatable bonds is 3. The van der Waals surface area contributed by atoms with E-state index in [1.807, 2.05) is 24.3 Å². The fourth-order valence-electron chi connectivity index (χ4n) is 1.21. The number of carbonyl (C=O) groups is 1. The second kappa shape index (κ2) is 4.90. The van der Waals surface area contributed by atoms with Crippen molar-refractivity contribution in [2.45, 2.75) is 0 Å². The maximum Gasteiger partial charge on any atom is 0.151 e. The molecule has 0 atom stereocenters. The van der Waals surface area contributed by atoms with Crippen molar-refractivity contribution in [1.29, 1.82) is 0 Å². The lowest BCUT2D eigenvalue weighted by atomic mass is 10.3. The van der Waals surface area contributed by atoms with Gasteiger partial charge < -0.3 is 4.74 Å². The highest BCUT2D eigenvalue weighted by molar-refractivity contribution is 9.10. The van der Waals surface area contributed by atoms with Crippen LogP contribution in [0.15, 0.2) is 47.2 Å². The van der Waals surface area contributed by atoms with Crippen molar-refractivity contribution in [1.82, 2.24) is 4.98 Å². The molecule has 0 fully saturated rings. The van der Waals surface area contributed by atoms with Gasteiger partial charge in [-0.3, -0.25) is 9.78 Å². The van der Waals surface area contributed by atoms with Gasteiger partial charge in [-0.25, -0.2) is 0 Å². The van der Waals surface area contributed by atoms with Gasteiger partial charge in [0.25, 0.3) is 0 Å². The molecule has 0 aliphatic rings. The smallest absolute Gasteiger partial charge is 0.151 e. The Morgan fingerprint density at radius 2 is 2.06 bits per heavy atom. The Bertz CT molecular complexity index is 514. The van der Waals surface area contributed by atoms with Crippen molar-refractivity contribution in [2.75, 3.05) is 0 Å². The van der Waals surface area contributed by atoms with Gasteiger partial charge in [0.15, 0.2) is 6.29 Å². The standard InChI is InChI=1S/C12H8BrNO2/c13-11-3-1-2-4-12(11)16-10-5-9(8-15)6-14-7-10/h1-8H. The fraction of sp³-hybridized carbons (Fsp3) is 0. The molecule has 0 amide bonds. The molecule has 0 aliphatic carbocycles. The van der Waals surface area contributed by atoms with E-state index in [2.05, 4.69) is 20.9 Å². The van der Waals surface area contributed by atoms with Crippen molar-refractivity contribution < 1.29 is 9.53 Å². The van der Waals surface area contributed by atoms with E-state index in [4.69, 9.17) is 4.74 Å². The van der Waals surface area contributed by atoms with Crippen LogP contribution in [0.5, 0.6) is 11.5 Å². The molecule has 1 aromatic heterocycles. The predicted octanol–water partition coefficient (Wildman–Crippen LogP) is 3.45. The van der Waals surface area contributed by atoms with Gasteiger partial charge in [0.05, 0.1) is 10.7 Å². The van der Waals surface area contributed by atoms with Crippen LogP contribution < -0.4 is 4.74 Å². The first-order chi connectivity index (χ1) is 7.79. The third-order valence-electron chi connectivity index (χ3n) is 1.93. The van der Waals surface area contributed by atoms with Crippen LogP contribution in [0.4, 0.5) is 0 Å². The number of hydrogen-bond acceptors (Lipinski definition) is 3. The second-order valence-corrected chi connectivity index (χ2v) is 3.96. The van der Waals surface area contributed by atoms with Crippen LogP contribution >= 0.6 is 15.9 Å². The number of ether oxygens (including phenoxy) is 1. The van der Waals surface area contributed by atoms with Gasteiger partial charge in [0.1, 0.15) is 11.5 Å². The van der Waals surface area contributed by atoms with Crippen molar-refractivity contribution in [2.24, 2.45) is 0 Å². The largest absolute Gasteiger partial charge is 0.455 e. The first-order valence-corrected chi connectivity index (χ1v) is 5.41. The molecule has 0 saturated heterocycles. The summed E-state index contributed by atoms with van der Waals surface area (Å²) in [5.41, 5.74) is 0.490. The van der Waals surface area contributed by atoms with E-state index in [-0.39, 0.29) is 0 Å². The molecule has 1 aromatic carbocycles. The first kappa shape index (κ1) is 10.8. The van der Waals surface area contributed by atoms with Gasteiger partial charge >= 0.3 is 0 Å². The molecule has 80 valence electrons. The highest BCUT2D eigenvalue weighted by Crippen LogP contribution is 2.28. The molecule has 0 N–H and O–H groups in total. The SMILES string of the molecule is O=Cc1cncc(Oc2ccccc2Br)c1. The molecule has 3 nitrogen and oxygen atoms in total. The zero-order chi connectivity index (χ0) is 11.4. The van der Waals surface area contributed by atoms with Gasteiger partial charge in [-0.15, -0.1) is 0 Å². The fourth-order valence-corrected chi connectivity index (χ4v) is 1.58. The Hall–Kier alpha value is -1.68. The van der Waals surface area contributed by atoms with Crippen LogP contribution in [-0.2, 0) is 0 Å². The van der Waals surface area contributed by atoms with Crippen molar-refractivity contribution in [3.63, 3.8) is 0 Å². The Morgan fingerprint density at radius 1 is 1.25 bits per heavy atom. The normalized spacial score (nSPS) is 9.81. The third kappa shape index (κ3) is 2.46. The van der Waals surface area contributed by atoms with Crippen LogP contribution in [0.25, 0.3) is 0 Å². The number of aromatic nitrogens is 1. The minimum Gasteiger partial charge on any atom is -0.455 e. The topological polar surface area (TPSA) is 39.2 Å². The first-order valence-electron chi connectivity index (χ1n) is 4.62. The number of carbonyl (C=O) groups excluding carboxylic acids is 1. The number of para-hydroxylation sites is 1. The molecule has 16 heavy (non-hydrogen) atoms. The predicted molar refractivity (Wildman–Crippen MR) is 63.8 cm³/mol. The minimum atomic E-state index is 0.490. The molecule has 0 saturated carbocycles. The zero-order valence-electron chi connectivity index (χ0n) is 8.26. The van der Waals surface area contributed by atoms with Crippen molar-refractivity contribution >= 4 is 22.2 Å². The average molecular weight is 278 g/mol. The Morgan fingerprint density at radius 3 is 2.81 bits per heavy atom. The van der Waals surface area contributed by atoms with E-state index in [0.717, 1.165) is 10.8 Å². The van der Waals surface area contributed by atoms with E-state index in [9.17, 15) is 4.79 Å². The number of pyridine rings is 1. The highest BCUT2D eigenvalue weighted by atomic mass is 79.9. The summed E-state index contributed by atoms with van der Waals surface area (Å²) in [6, 6.07) is 9.12. The molecular weight excluding hydrogens is 270 g/mol. The van der Waals surface area contributed by atoms with Crippen molar-refractivity contribution in [3.05, 3.63) is 52.8 Å². The maximum absolute atomic E-state index is 10.6. The summed E-state index contributed by atoms with van der Waals surface area (Å²) in [5.74, 6) is 1.23. The van der Waals surface area contributed by atoms with E-state index >= 15 is 0 Å². The lowest BCUT2D eigenvalue weighted by Crippen LogP contribution is -1.88. The van der Waals surface area contributed by atoms with Crippen LogP contribution in [-0.4, -0.2) is 11.3 Å². The summed E-state index contributed by atoms with van der Waals surface area (Å²) >= 11 is 3.37. The van der Waals surface area contributed by atoms with Gasteiger partial charge in [0, 0.05) is 11.8 Å². The number of hydrogen-bond donors (Lipinski definition) is 0. The van der Waals surface area contributed by atoms with Gasteiger partial charge in [-0.2, -0.15) is 0 Å². The molecule has 0 radical (unpaired) electrons. The molecule has 0 unspecified atom stereocenters. The van der Waals surface area contributed by atoms with Crippen LogP contribution in [0.1, 0.15) is 10.4 Å². The number of halogens is 1. The summed E-state index contributed by atoms with van der Waals surface area (Å²) in [7, 11) is 0. The molecule has 0 spiro atoms. The Balaban J connectivity index is 2.27. The molecule has 4 heteroatoms. The summed E-state index contributed by atoms with van der Waals surface area (Å²) in [5, 5.41) is 0. The molecule has 0 bridgehead atoms. The highest BCUT2D eigenvalue weighted by Gasteiger charge is 2.02. The summed E-state index contributed by atoms with van der Waals surface area (Å²) in [4.78, 5) is 14.5. The van der Waals surface area contributed by atoms with Crippen LogP contribution in [0.3, 0.4) is 0 Å². The maximum atomic E-state index is 10.6.